The van der Waals surface area contributed by atoms with Crippen molar-refractivity contribution in [2.75, 3.05) is 19.6 Å². The van der Waals surface area contributed by atoms with Crippen LogP contribution in [0.2, 0.25) is 0 Å². The summed E-state index contributed by atoms with van der Waals surface area (Å²) in [4.78, 5) is 22.3. The first kappa shape index (κ1) is 20.2. The summed E-state index contributed by atoms with van der Waals surface area (Å²) in [6.07, 6.45) is 7.60. The number of rotatable bonds is 7. The number of nitrogens with one attached hydrogen (secondary N) is 3. The summed E-state index contributed by atoms with van der Waals surface area (Å²) in [5.74, 6) is -1.27. The monoisotopic (exact) mass is 384 g/mol. The molecule has 1 aromatic heterocycles. The van der Waals surface area contributed by atoms with Crippen molar-refractivity contribution in [3.8, 4) is 0 Å². The standard InChI is InChI=1S/C20H28N6O2/c1-5-25(6-2)10-7-15-13(3)17(24-14(15)4)11-18-19(22-9-8-21-18)16-12-23-26(28)20(16)27/h8-9,11-12,16,21,24,26H,5-7,10H2,1-4H3. The van der Waals surface area contributed by atoms with Crippen molar-refractivity contribution in [2.24, 2.45) is 16.0 Å². The number of aryl methyl sites for hydroxylation is 1. The highest BCUT2D eigenvalue weighted by atomic mass is 16.5. The van der Waals surface area contributed by atoms with Crippen LogP contribution in [-0.4, -0.2) is 47.4 Å². The SMILES string of the molecule is CCN(CC)CCc1c(C)[nH]c(C=C2NC=CN=C2C2C=N[NH+]([O-])C2=O)c1C. The molecule has 0 saturated carbocycles. The van der Waals surface area contributed by atoms with Gasteiger partial charge in [0.05, 0.1) is 17.6 Å². The largest absolute Gasteiger partial charge is 0.599 e. The maximum absolute atomic E-state index is 12.1. The number of aliphatic imine (C=N–C) groups is 1. The van der Waals surface area contributed by atoms with Gasteiger partial charge in [0.2, 0.25) is 0 Å². The van der Waals surface area contributed by atoms with E-state index in [1.54, 1.807) is 12.4 Å². The van der Waals surface area contributed by atoms with Gasteiger partial charge < -0.3 is 20.4 Å². The van der Waals surface area contributed by atoms with Gasteiger partial charge >= 0.3 is 5.91 Å². The second-order valence-electron chi connectivity index (χ2n) is 7.00. The lowest BCUT2D eigenvalue weighted by molar-refractivity contribution is -0.767. The van der Waals surface area contributed by atoms with Crippen LogP contribution < -0.4 is 10.5 Å². The summed E-state index contributed by atoms with van der Waals surface area (Å²) >= 11 is 0. The smallest absolute Gasteiger partial charge is 0.353 e. The number of quaternary nitrogens is 1. The van der Waals surface area contributed by atoms with Gasteiger partial charge in [-0.25, -0.2) is 4.79 Å². The van der Waals surface area contributed by atoms with Crippen LogP contribution in [0.1, 0.15) is 36.4 Å². The predicted octanol–water partition coefficient (Wildman–Crippen LogP) is 0.897. The molecule has 0 fully saturated rings. The Kier molecular flexibility index (Phi) is 6.23. The molecule has 0 aliphatic carbocycles. The number of allylic oxidation sites excluding steroid dienone is 1. The average Bonchev–Trinajstić information content (AvgIpc) is 3.16. The third-order valence-electron chi connectivity index (χ3n) is 5.42. The molecule has 0 saturated heterocycles. The van der Waals surface area contributed by atoms with Crippen LogP contribution in [0.25, 0.3) is 6.08 Å². The molecular weight excluding hydrogens is 356 g/mol. The summed E-state index contributed by atoms with van der Waals surface area (Å²) < 4.78 is 0. The van der Waals surface area contributed by atoms with Crippen LogP contribution in [0.15, 0.2) is 28.2 Å². The molecule has 0 radical (unpaired) electrons. The third kappa shape index (κ3) is 3.99. The molecule has 2 unspecified atom stereocenters. The van der Waals surface area contributed by atoms with Crippen molar-refractivity contribution in [3.05, 3.63) is 45.8 Å². The van der Waals surface area contributed by atoms with Gasteiger partial charge in [-0.3, -0.25) is 4.99 Å². The molecule has 28 heavy (non-hydrogen) atoms. The molecule has 2 aliphatic rings. The number of likely N-dealkylation sites (N-methyl/N-ethyl adjacent to an activating group) is 1. The second-order valence-corrected chi connectivity index (χ2v) is 7.00. The zero-order valence-electron chi connectivity index (χ0n) is 16.9. The number of H-pyrrole nitrogens is 1. The van der Waals surface area contributed by atoms with Gasteiger partial charge in [0.1, 0.15) is 0 Å². The fraction of sp³-hybridized carbons (Fsp3) is 0.450. The van der Waals surface area contributed by atoms with Crippen molar-refractivity contribution in [1.29, 1.82) is 0 Å². The van der Waals surface area contributed by atoms with E-state index in [1.165, 1.54) is 17.3 Å². The van der Waals surface area contributed by atoms with Crippen molar-refractivity contribution in [3.63, 3.8) is 0 Å². The maximum Gasteiger partial charge on any atom is 0.353 e. The topological polar surface area (TPSA) is 100 Å². The van der Waals surface area contributed by atoms with E-state index in [2.05, 4.69) is 53.0 Å². The minimum atomic E-state index is -0.727. The first-order chi connectivity index (χ1) is 13.5. The molecule has 3 heterocycles. The van der Waals surface area contributed by atoms with Gasteiger partial charge in [-0.05, 0) is 50.6 Å². The predicted molar refractivity (Wildman–Crippen MR) is 111 cm³/mol. The number of aromatic amines is 1. The molecule has 2 atom stereocenters. The maximum atomic E-state index is 12.1. The lowest BCUT2D eigenvalue weighted by atomic mass is 9.99. The summed E-state index contributed by atoms with van der Waals surface area (Å²) in [7, 11) is 0. The van der Waals surface area contributed by atoms with Crippen LogP contribution in [0, 0.1) is 25.0 Å². The highest BCUT2D eigenvalue weighted by Gasteiger charge is 2.36. The highest BCUT2D eigenvalue weighted by molar-refractivity contribution is 6.22. The molecule has 3 N–H and O–H groups in total. The van der Waals surface area contributed by atoms with Crippen LogP contribution >= 0.6 is 0 Å². The summed E-state index contributed by atoms with van der Waals surface area (Å²) in [5, 5.41) is 17.6. The Balaban J connectivity index is 1.85. The van der Waals surface area contributed by atoms with Crippen LogP contribution in [0.4, 0.5) is 0 Å². The lowest BCUT2D eigenvalue weighted by Crippen LogP contribution is -3.04. The molecular formula is C20H28N6O2. The zero-order valence-corrected chi connectivity index (χ0v) is 16.9. The quantitative estimate of drug-likeness (QED) is 0.608. The molecule has 8 heteroatoms. The van der Waals surface area contributed by atoms with Crippen molar-refractivity contribution in [2.45, 2.75) is 34.1 Å². The number of hydroxylamine groups is 1. The zero-order chi connectivity index (χ0) is 20.3. The van der Waals surface area contributed by atoms with Gasteiger partial charge in [-0.15, -0.1) is 0 Å². The van der Waals surface area contributed by atoms with Crippen molar-refractivity contribution >= 4 is 23.9 Å². The Morgan fingerprint density at radius 1 is 1.32 bits per heavy atom. The number of carbonyl (C=O) groups is 1. The van der Waals surface area contributed by atoms with Crippen LogP contribution in [-0.2, 0) is 11.2 Å². The number of carbonyl (C=O) groups excluding carboxylic acids is 1. The van der Waals surface area contributed by atoms with E-state index in [0.29, 0.717) is 11.4 Å². The number of hydrogen-bond donors (Lipinski definition) is 3. The highest BCUT2D eigenvalue weighted by Crippen LogP contribution is 2.22. The van der Waals surface area contributed by atoms with Crippen molar-refractivity contribution < 1.29 is 9.97 Å². The number of aromatic nitrogens is 1. The van der Waals surface area contributed by atoms with E-state index in [-0.39, 0.29) is 0 Å². The fourth-order valence-corrected chi connectivity index (χ4v) is 3.64. The molecule has 1 amide bonds. The molecule has 8 nitrogen and oxygen atoms in total. The number of hydrogen-bond acceptors (Lipinski definition) is 6. The molecule has 0 aromatic carbocycles. The fourth-order valence-electron chi connectivity index (χ4n) is 3.64. The second kappa shape index (κ2) is 8.64. The number of nitrogens with zero attached hydrogens (tertiary/aromatic N) is 3. The first-order valence-electron chi connectivity index (χ1n) is 9.70. The Hall–Kier alpha value is -2.55. The summed E-state index contributed by atoms with van der Waals surface area (Å²) in [6.45, 7) is 11.7. The van der Waals surface area contributed by atoms with E-state index in [4.69, 9.17) is 0 Å². The minimum absolute atomic E-state index is 0.512. The van der Waals surface area contributed by atoms with Gasteiger partial charge in [0.15, 0.2) is 5.92 Å². The van der Waals surface area contributed by atoms with E-state index < -0.39 is 17.0 Å². The Morgan fingerprint density at radius 3 is 2.71 bits per heavy atom. The normalized spacial score (nSPS) is 23.0. The van der Waals surface area contributed by atoms with E-state index in [0.717, 1.165) is 37.4 Å². The van der Waals surface area contributed by atoms with E-state index in [9.17, 15) is 10.0 Å². The Bertz CT molecular complexity index is 860. The molecule has 150 valence electrons. The van der Waals surface area contributed by atoms with Gasteiger partial charge in [0.25, 0.3) is 0 Å². The van der Waals surface area contributed by atoms with Crippen LogP contribution in [0.3, 0.4) is 0 Å². The average molecular weight is 384 g/mol. The van der Waals surface area contributed by atoms with Gasteiger partial charge in [-0.1, -0.05) is 18.9 Å². The first-order valence-corrected chi connectivity index (χ1v) is 9.70. The summed E-state index contributed by atoms with van der Waals surface area (Å²) in [5.41, 5.74) is 5.84. The third-order valence-corrected chi connectivity index (χ3v) is 5.42. The molecule has 1 aromatic rings. The Labute approximate surface area is 165 Å². The van der Waals surface area contributed by atoms with Crippen molar-refractivity contribution in [1.82, 2.24) is 15.2 Å². The van der Waals surface area contributed by atoms with E-state index in [1.807, 2.05) is 6.08 Å². The molecule has 2 aliphatic heterocycles. The van der Waals surface area contributed by atoms with Crippen LogP contribution in [0.5, 0.6) is 0 Å². The minimum Gasteiger partial charge on any atom is -0.599 e. The van der Waals surface area contributed by atoms with E-state index >= 15 is 0 Å². The summed E-state index contributed by atoms with van der Waals surface area (Å²) in [6, 6.07) is 0. The molecule has 0 bridgehead atoms. The Morgan fingerprint density at radius 2 is 2.07 bits per heavy atom. The lowest BCUT2D eigenvalue weighted by Gasteiger charge is -2.18. The molecule has 0 spiro atoms. The number of amides is 1. The molecule has 3 rings (SSSR count). The van der Waals surface area contributed by atoms with Gasteiger partial charge in [-0.2, -0.15) is 5.17 Å². The van der Waals surface area contributed by atoms with Gasteiger partial charge in [0, 0.05) is 30.3 Å².